The quantitative estimate of drug-likeness (QED) is 0.844. The van der Waals surface area contributed by atoms with Crippen LogP contribution in [0.5, 0.6) is 0 Å². The molecular formula is C13H19ClN2O2S. The smallest absolute Gasteiger partial charge is 0.152 e. The zero-order valence-corrected chi connectivity index (χ0v) is 12.7. The van der Waals surface area contributed by atoms with Crippen LogP contribution >= 0.6 is 11.6 Å². The number of aromatic nitrogens is 2. The first kappa shape index (κ1) is 13.4. The van der Waals surface area contributed by atoms with Gasteiger partial charge in [-0.05, 0) is 32.3 Å². The van der Waals surface area contributed by atoms with Crippen LogP contribution in [0.15, 0.2) is 6.07 Å². The molecule has 1 unspecified atom stereocenters. The van der Waals surface area contributed by atoms with E-state index in [1.54, 1.807) is 4.68 Å². The molecule has 6 heteroatoms. The van der Waals surface area contributed by atoms with E-state index in [-0.39, 0.29) is 11.5 Å². The maximum atomic E-state index is 11.7. The first-order valence-electron chi connectivity index (χ1n) is 6.86. The fraction of sp³-hybridized carbons (Fsp3) is 0.769. The summed E-state index contributed by atoms with van der Waals surface area (Å²) in [6, 6.07) is 1.92. The Morgan fingerprint density at radius 3 is 2.68 bits per heavy atom. The van der Waals surface area contributed by atoms with Crippen molar-refractivity contribution >= 4 is 21.4 Å². The molecule has 2 heterocycles. The standard InChI is InChI=1S/C13H19ClN2O2S/c1-13(6-7-19(17,18)9-13)16-12(14)8-11(15-16)10-4-2-3-5-10/h8,10H,2-7,9H2,1H3. The average molecular weight is 303 g/mol. The third kappa shape index (κ3) is 2.42. The van der Waals surface area contributed by atoms with Crippen LogP contribution < -0.4 is 0 Å². The highest BCUT2D eigenvalue weighted by atomic mass is 35.5. The van der Waals surface area contributed by atoms with Gasteiger partial charge in [0.2, 0.25) is 0 Å². The van der Waals surface area contributed by atoms with Gasteiger partial charge in [-0.25, -0.2) is 13.1 Å². The lowest BCUT2D eigenvalue weighted by Gasteiger charge is -2.23. The van der Waals surface area contributed by atoms with Gasteiger partial charge in [-0.1, -0.05) is 24.4 Å². The number of nitrogens with zero attached hydrogens (tertiary/aromatic N) is 2. The SMILES string of the molecule is CC1(n2nc(C3CCCC3)cc2Cl)CCS(=O)(=O)C1. The predicted molar refractivity (Wildman–Crippen MR) is 75.4 cm³/mol. The summed E-state index contributed by atoms with van der Waals surface area (Å²) in [5.74, 6) is 0.879. The predicted octanol–water partition coefficient (Wildman–Crippen LogP) is 2.73. The molecule has 0 amide bonds. The first-order chi connectivity index (χ1) is 8.90. The minimum absolute atomic E-state index is 0.144. The molecule has 1 aromatic rings. The molecule has 0 spiro atoms. The molecule has 2 fully saturated rings. The topological polar surface area (TPSA) is 52.0 Å². The molecule has 1 saturated heterocycles. The second-order valence-electron chi connectivity index (χ2n) is 6.12. The number of hydrogen-bond donors (Lipinski definition) is 0. The van der Waals surface area contributed by atoms with Crippen molar-refractivity contribution in [3.63, 3.8) is 0 Å². The van der Waals surface area contributed by atoms with Crippen molar-refractivity contribution in [3.8, 4) is 0 Å². The first-order valence-corrected chi connectivity index (χ1v) is 9.06. The maximum absolute atomic E-state index is 11.7. The van der Waals surface area contributed by atoms with Crippen LogP contribution in [0.4, 0.5) is 0 Å². The second kappa shape index (κ2) is 4.48. The van der Waals surface area contributed by atoms with Gasteiger partial charge in [-0.2, -0.15) is 5.10 Å². The highest BCUT2D eigenvalue weighted by Crippen LogP contribution is 2.38. The molecule has 0 aromatic carbocycles. The van der Waals surface area contributed by atoms with Crippen LogP contribution in [0.1, 0.15) is 50.6 Å². The van der Waals surface area contributed by atoms with E-state index in [1.165, 1.54) is 25.7 Å². The Hall–Kier alpha value is -0.550. The number of sulfone groups is 1. The van der Waals surface area contributed by atoms with Crippen molar-refractivity contribution in [1.29, 1.82) is 0 Å². The number of hydrogen-bond acceptors (Lipinski definition) is 3. The molecule has 2 aliphatic rings. The summed E-state index contributed by atoms with van der Waals surface area (Å²) in [6.45, 7) is 1.94. The van der Waals surface area contributed by atoms with Crippen molar-refractivity contribution < 1.29 is 8.42 Å². The van der Waals surface area contributed by atoms with Gasteiger partial charge in [0.15, 0.2) is 9.84 Å². The van der Waals surface area contributed by atoms with Gasteiger partial charge in [-0.3, -0.25) is 0 Å². The lowest BCUT2D eigenvalue weighted by atomic mass is 10.0. The molecule has 4 nitrogen and oxygen atoms in total. The van der Waals surface area contributed by atoms with Crippen LogP contribution in [-0.2, 0) is 15.4 Å². The molecule has 0 N–H and O–H groups in total. The van der Waals surface area contributed by atoms with Gasteiger partial charge in [0.1, 0.15) is 5.15 Å². The van der Waals surface area contributed by atoms with Gasteiger partial charge in [-0.15, -0.1) is 0 Å². The third-order valence-corrected chi connectivity index (χ3v) is 6.61. The average Bonchev–Trinajstić information content (AvgIpc) is 2.98. The maximum Gasteiger partial charge on any atom is 0.152 e. The van der Waals surface area contributed by atoms with Crippen molar-refractivity contribution in [2.45, 2.75) is 50.5 Å². The summed E-state index contributed by atoms with van der Waals surface area (Å²) in [7, 11) is -2.95. The lowest BCUT2D eigenvalue weighted by Crippen LogP contribution is -2.32. The highest BCUT2D eigenvalue weighted by Gasteiger charge is 2.42. The molecular weight excluding hydrogens is 284 g/mol. The van der Waals surface area contributed by atoms with Crippen LogP contribution in [0.3, 0.4) is 0 Å². The Balaban J connectivity index is 1.93. The number of rotatable bonds is 2. The van der Waals surface area contributed by atoms with Gasteiger partial charge in [0.05, 0.1) is 22.7 Å². The summed E-state index contributed by atoms with van der Waals surface area (Å²) in [6.07, 6.45) is 5.44. The van der Waals surface area contributed by atoms with E-state index in [1.807, 2.05) is 13.0 Å². The largest absolute Gasteiger partial charge is 0.247 e. The van der Waals surface area contributed by atoms with Gasteiger partial charge < -0.3 is 0 Å². The Morgan fingerprint density at radius 2 is 2.11 bits per heavy atom. The summed E-state index contributed by atoms with van der Waals surface area (Å²) in [5.41, 5.74) is 0.556. The Kier molecular flexibility index (Phi) is 3.17. The van der Waals surface area contributed by atoms with Gasteiger partial charge in [0.25, 0.3) is 0 Å². The third-order valence-electron chi connectivity index (χ3n) is 4.45. The molecule has 1 aliphatic carbocycles. The molecule has 1 saturated carbocycles. The fourth-order valence-corrected chi connectivity index (χ4v) is 5.80. The molecule has 3 rings (SSSR count). The van der Waals surface area contributed by atoms with E-state index < -0.39 is 15.4 Å². The Bertz CT molecular complexity index is 590. The molecule has 1 aliphatic heterocycles. The van der Waals surface area contributed by atoms with Gasteiger partial charge >= 0.3 is 0 Å². The highest BCUT2D eigenvalue weighted by molar-refractivity contribution is 7.91. The van der Waals surface area contributed by atoms with Crippen LogP contribution in [0, 0.1) is 0 Å². The van der Waals surface area contributed by atoms with E-state index in [0.29, 0.717) is 17.5 Å². The fourth-order valence-electron chi connectivity index (χ4n) is 3.34. The summed E-state index contributed by atoms with van der Waals surface area (Å²) < 4.78 is 25.2. The Morgan fingerprint density at radius 1 is 1.42 bits per heavy atom. The van der Waals surface area contributed by atoms with Crippen molar-refractivity contribution in [2.24, 2.45) is 0 Å². The summed E-state index contributed by atoms with van der Waals surface area (Å²) >= 11 is 6.29. The number of halogens is 1. The van der Waals surface area contributed by atoms with Crippen LogP contribution in [0.2, 0.25) is 5.15 Å². The van der Waals surface area contributed by atoms with Gasteiger partial charge in [0, 0.05) is 5.92 Å². The zero-order valence-electron chi connectivity index (χ0n) is 11.1. The molecule has 0 bridgehead atoms. The van der Waals surface area contributed by atoms with E-state index in [9.17, 15) is 8.42 Å². The molecule has 1 atom stereocenters. The minimum atomic E-state index is -2.95. The van der Waals surface area contributed by atoms with Crippen LogP contribution in [0.25, 0.3) is 0 Å². The zero-order chi connectivity index (χ0) is 13.7. The Labute approximate surface area is 119 Å². The van der Waals surface area contributed by atoms with E-state index in [2.05, 4.69) is 5.10 Å². The molecule has 19 heavy (non-hydrogen) atoms. The molecule has 1 aromatic heterocycles. The summed E-state index contributed by atoms with van der Waals surface area (Å²) in [4.78, 5) is 0. The normalized spacial score (nSPS) is 31.1. The second-order valence-corrected chi connectivity index (χ2v) is 8.70. The van der Waals surface area contributed by atoms with Crippen molar-refractivity contribution in [3.05, 3.63) is 16.9 Å². The monoisotopic (exact) mass is 302 g/mol. The summed E-state index contributed by atoms with van der Waals surface area (Å²) in [5, 5.41) is 5.20. The van der Waals surface area contributed by atoms with Crippen LogP contribution in [-0.4, -0.2) is 29.7 Å². The minimum Gasteiger partial charge on any atom is -0.247 e. The van der Waals surface area contributed by atoms with E-state index >= 15 is 0 Å². The molecule has 0 radical (unpaired) electrons. The van der Waals surface area contributed by atoms with E-state index in [4.69, 9.17) is 11.6 Å². The van der Waals surface area contributed by atoms with Crippen molar-refractivity contribution in [2.75, 3.05) is 11.5 Å². The van der Waals surface area contributed by atoms with E-state index in [0.717, 1.165) is 5.69 Å². The van der Waals surface area contributed by atoms with Crippen molar-refractivity contribution in [1.82, 2.24) is 9.78 Å². The lowest BCUT2D eigenvalue weighted by molar-refractivity contribution is 0.326. The molecule has 106 valence electrons.